The molecule has 5 N–H and O–H groups in total. The molecule has 1 aliphatic carbocycles. The number of aromatic nitrogens is 2. The highest BCUT2D eigenvalue weighted by Gasteiger charge is 2.61. The number of hydrogen-bond donors (Lipinski definition) is 5. The van der Waals surface area contributed by atoms with Gasteiger partial charge in [-0.15, -0.1) is 11.3 Å². The first-order valence-electron chi connectivity index (χ1n) is 22.1. The maximum absolute atomic E-state index is 14.9. The third-order valence-electron chi connectivity index (χ3n) is 12.2. The molecule has 6 atom stereocenters. The third kappa shape index (κ3) is 11.1. The Hall–Kier alpha value is -5.01. The minimum Gasteiger partial charge on any atom is -0.497 e. The number of likely N-dealkylation sites (N-methyl/N-ethyl adjacent to an activating group) is 1. The number of urea groups is 1. The lowest BCUT2D eigenvalue weighted by molar-refractivity contribution is -0.145. The van der Waals surface area contributed by atoms with Crippen LogP contribution < -0.4 is 30.7 Å². The summed E-state index contributed by atoms with van der Waals surface area (Å²) in [7, 11) is -0.582. The number of carboxylic acid groups (broad SMARTS) is 1. The van der Waals surface area contributed by atoms with E-state index in [1.807, 2.05) is 58.2 Å². The first-order chi connectivity index (χ1) is 30.1. The number of amides is 4. The van der Waals surface area contributed by atoms with Gasteiger partial charge < -0.3 is 40.7 Å². The predicted molar refractivity (Wildman–Crippen MR) is 247 cm³/mol. The van der Waals surface area contributed by atoms with Gasteiger partial charge in [-0.1, -0.05) is 45.8 Å². The number of carbonyl (C=O) groups is 4. The number of fused-ring (bicyclic) bond motifs is 3. The highest BCUT2D eigenvalue weighted by Crippen LogP contribution is 2.45. The van der Waals surface area contributed by atoms with Gasteiger partial charge in [-0.3, -0.25) is 9.59 Å². The largest absolute Gasteiger partial charge is 0.497 e. The van der Waals surface area contributed by atoms with Crippen LogP contribution in [0.2, 0.25) is 0 Å². The van der Waals surface area contributed by atoms with Crippen LogP contribution >= 0.6 is 11.3 Å². The van der Waals surface area contributed by atoms with Crippen molar-refractivity contribution in [2.45, 2.75) is 134 Å². The average Bonchev–Trinajstić information content (AvgIpc) is 3.48. The van der Waals surface area contributed by atoms with E-state index < -0.39 is 80.2 Å². The zero-order valence-electron chi connectivity index (χ0n) is 38.3. The highest BCUT2D eigenvalue weighted by atomic mass is 32.2. The predicted octanol–water partition coefficient (Wildman–Crippen LogP) is 5.77. The lowest BCUT2D eigenvalue weighted by atomic mass is 9.87. The van der Waals surface area contributed by atoms with Crippen LogP contribution in [0.25, 0.3) is 22.3 Å². The second kappa shape index (κ2) is 19.6. The topological polar surface area (TPSA) is 221 Å². The molecule has 1 saturated carbocycles. The second-order valence-electron chi connectivity index (χ2n) is 18.8. The van der Waals surface area contributed by atoms with E-state index in [0.717, 1.165) is 18.0 Å². The summed E-state index contributed by atoms with van der Waals surface area (Å²) in [4.78, 5) is 67.0. The molecule has 2 aliphatic heterocycles. The van der Waals surface area contributed by atoms with Crippen molar-refractivity contribution in [3.8, 4) is 22.9 Å². The Morgan fingerprint density at radius 1 is 1.09 bits per heavy atom. The molecule has 6 rings (SSSR count). The monoisotopic (exact) mass is 924 g/mol. The summed E-state index contributed by atoms with van der Waals surface area (Å²) in [6, 6.07) is 3.85. The van der Waals surface area contributed by atoms with Gasteiger partial charge in [0.2, 0.25) is 21.8 Å². The van der Waals surface area contributed by atoms with Crippen molar-refractivity contribution in [1.82, 2.24) is 35.1 Å². The highest BCUT2D eigenvalue weighted by molar-refractivity contribution is 7.89. The Kier molecular flexibility index (Phi) is 14.8. The van der Waals surface area contributed by atoms with Crippen molar-refractivity contribution in [2.75, 3.05) is 32.6 Å². The molecular weight excluding hydrogens is 861 g/mol. The number of allylic oxidation sites excluding steroid dienone is 1. The number of thiazole rings is 1. The number of pyridine rings is 1. The van der Waals surface area contributed by atoms with Gasteiger partial charge in [0, 0.05) is 60.9 Å². The van der Waals surface area contributed by atoms with E-state index in [1.54, 1.807) is 39.2 Å². The van der Waals surface area contributed by atoms with Gasteiger partial charge in [0.25, 0.3) is 0 Å². The van der Waals surface area contributed by atoms with Crippen LogP contribution in [0.15, 0.2) is 41.8 Å². The molecule has 64 heavy (non-hydrogen) atoms. The van der Waals surface area contributed by atoms with Crippen LogP contribution in [-0.2, 0) is 24.4 Å². The lowest BCUT2D eigenvalue weighted by Gasteiger charge is -2.35. The summed E-state index contributed by atoms with van der Waals surface area (Å²) in [5.41, 5.74) is -0.345. The van der Waals surface area contributed by atoms with E-state index in [0.29, 0.717) is 46.6 Å². The number of sulfonamides is 1. The van der Waals surface area contributed by atoms with E-state index in [4.69, 9.17) is 19.4 Å². The summed E-state index contributed by atoms with van der Waals surface area (Å²) in [6.07, 6.45) is 6.36. The maximum atomic E-state index is 14.9. The Balaban J connectivity index is 1.32. The van der Waals surface area contributed by atoms with E-state index in [-0.39, 0.29) is 38.4 Å². The second-order valence-corrected chi connectivity index (χ2v) is 22.3. The standard InChI is InChI=1S/C45H64N8O9S2/c1-26(2)46-43-49-35(25-63-43)34-21-37(31-18-17-29(61-9)19-33(31)47-34)62-30-20-36-39(54)51-45(41(56)57)22-28(45)15-13-11-10-12-14-16-32(40(55)53(36)23-30)48-42(58)50-38(44(5,6)7)24-52(8)64(59,60)27(3)4/h13,15,17-19,21,25-28,30,32,36,38H,10-12,14,16,20,22-24H2,1-9H3,(H,46,49)(H,51,54)(H,56,57)(H2,48,50,58)/b15-13-/t28?,30-,32+,36+,38-,45-/m1/s1. The fraction of sp³-hybridized carbons (Fsp3) is 0.600. The van der Waals surface area contributed by atoms with Gasteiger partial charge >= 0.3 is 12.0 Å². The van der Waals surface area contributed by atoms with Gasteiger partial charge in [0.15, 0.2) is 5.13 Å². The van der Waals surface area contributed by atoms with Crippen molar-refractivity contribution < 1.29 is 42.2 Å². The number of carboxylic acids is 1. The van der Waals surface area contributed by atoms with Crippen molar-refractivity contribution in [3.63, 3.8) is 0 Å². The Morgan fingerprint density at radius 2 is 1.84 bits per heavy atom. The Bertz CT molecular complexity index is 2350. The van der Waals surface area contributed by atoms with Gasteiger partial charge in [0.1, 0.15) is 40.9 Å². The fourth-order valence-electron chi connectivity index (χ4n) is 8.18. The number of nitrogens with zero attached hydrogens (tertiary/aromatic N) is 4. The summed E-state index contributed by atoms with van der Waals surface area (Å²) >= 11 is 1.45. The number of nitrogens with one attached hydrogen (secondary N) is 4. The molecule has 3 aliphatic rings. The molecule has 2 fully saturated rings. The zero-order valence-corrected chi connectivity index (χ0v) is 39.9. The molecular formula is C45H64N8O9S2. The smallest absolute Gasteiger partial charge is 0.330 e. The summed E-state index contributed by atoms with van der Waals surface area (Å²) in [5, 5.41) is 25.0. The number of aliphatic carboxylic acids is 1. The number of carbonyl (C=O) groups excluding carboxylic acids is 3. The molecule has 0 radical (unpaired) electrons. The number of anilines is 1. The fourth-order valence-corrected chi connectivity index (χ4v) is 10.1. The molecule has 0 spiro atoms. The Morgan fingerprint density at radius 3 is 2.52 bits per heavy atom. The number of rotatable bonds is 13. The Labute approximate surface area is 380 Å². The quantitative estimate of drug-likeness (QED) is 0.129. The molecule has 19 heteroatoms. The first kappa shape index (κ1) is 48.4. The molecule has 2 aromatic heterocycles. The number of ether oxygens (including phenoxy) is 2. The van der Waals surface area contributed by atoms with Crippen LogP contribution in [0, 0.1) is 11.3 Å². The third-order valence-corrected chi connectivity index (χ3v) is 15.2. The van der Waals surface area contributed by atoms with Gasteiger partial charge in [-0.25, -0.2) is 32.3 Å². The van der Waals surface area contributed by atoms with Crippen molar-refractivity contribution in [1.29, 1.82) is 0 Å². The summed E-state index contributed by atoms with van der Waals surface area (Å²) < 4.78 is 39.5. The molecule has 1 aromatic carbocycles. The van der Waals surface area contributed by atoms with E-state index in [1.165, 1.54) is 27.6 Å². The molecule has 4 heterocycles. The average molecular weight is 925 g/mol. The van der Waals surface area contributed by atoms with E-state index >= 15 is 0 Å². The van der Waals surface area contributed by atoms with Crippen LogP contribution in [0.1, 0.15) is 93.4 Å². The normalized spacial score (nSPS) is 24.3. The van der Waals surface area contributed by atoms with E-state index in [2.05, 4.69) is 21.3 Å². The molecule has 1 saturated heterocycles. The van der Waals surface area contributed by atoms with Crippen molar-refractivity contribution >= 4 is 61.2 Å². The van der Waals surface area contributed by atoms with Crippen LogP contribution in [0.3, 0.4) is 0 Å². The molecule has 4 amide bonds. The van der Waals surface area contributed by atoms with Crippen molar-refractivity contribution in [2.24, 2.45) is 11.3 Å². The molecule has 17 nitrogen and oxygen atoms in total. The maximum Gasteiger partial charge on any atom is 0.330 e. The minimum atomic E-state index is -3.63. The minimum absolute atomic E-state index is 0.0000723. The molecule has 350 valence electrons. The first-order valence-corrected chi connectivity index (χ1v) is 24.4. The number of benzene rings is 1. The van der Waals surface area contributed by atoms with Crippen LogP contribution in [0.5, 0.6) is 11.5 Å². The SMILES string of the molecule is COc1ccc2c(O[C@@H]3C[C@H]4C(=O)N[C@]5(C(=O)O)CC5/C=C\CCCCC[C@H](NC(=O)N[C@H](CN(C)S(=O)(=O)C(C)C)C(C)(C)C)C(=O)N4C3)cc(-c3csc(NC(C)C)n3)nc2c1. The van der Waals surface area contributed by atoms with Crippen molar-refractivity contribution in [3.05, 3.63) is 41.8 Å². The molecule has 3 aromatic rings. The number of hydrogen-bond acceptors (Lipinski definition) is 12. The summed E-state index contributed by atoms with van der Waals surface area (Å²) in [6.45, 7) is 12.9. The summed E-state index contributed by atoms with van der Waals surface area (Å²) in [5.74, 6) is -1.68. The zero-order chi connectivity index (χ0) is 46.7. The van der Waals surface area contributed by atoms with Crippen LogP contribution in [-0.4, -0.2) is 125 Å². The number of methoxy groups -OCH3 is 1. The molecule has 1 unspecified atom stereocenters. The lowest BCUT2D eigenvalue weighted by Crippen LogP contribution is -2.59. The van der Waals surface area contributed by atoms with E-state index in [9.17, 15) is 32.7 Å². The molecule has 0 bridgehead atoms. The van der Waals surface area contributed by atoms with Gasteiger partial charge in [-0.05, 0) is 70.9 Å². The van der Waals surface area contributed by atoms with Gasteiger partial charge in [-0.2, -0.15) is 0 Å². The van der Waals surface area contributed by atoms with Gasteiger partial charge in [0.05, 0.1) is 30.1 Å². The van der Waals surface area contributed by atoms with Crippen LogP contribution in [0.4, 0.5) is 9.93 Å².